The van der Waals surface area contributed by atoms with Crippen molar-refractivity contribution >= 4 is 5.97 Å². The van der Waals surface area contributed by atoms with Crippen LogP contribution in [0.2, 0.25) is 0 Å². The molecule has 24 heavy (non-hydrogen) atoms. The predicted octanol–water partition coefficient (Wildman–Crippen LogP) is 4.24. The number of rotatable bonds is 13. The third-order valence-corrected chi connectivity index (χ3v) is 3.63. The number of benzene rings is 1. The molecule has 0 saturated carbocycles. The molecule has 0 saturated heterocycles. The number of unbranched alkanes of at least 4 members (excludes halogenated alkanes) is 4. The Morgan fingerprint density at radius 1 is 0.917 bits per heavy atom. The second-order valence-corrected chi connectivity index (χ2v) is 5.61. The molecule has 0 heterocycles. The summed E-state index contributed by atoms with van der Waals surface area (Å²) in [6, 6.07) is 5.14. The molecular weight excluding hydrogens is 308 g/mol. The highest BCUT2D eigenvalue weighted by Gasteiger charge is 2.12. The molecule has 0 radical (unpaired) electrons. The van der Waals surface area contributed by atoms with Crippen molar-refractivity contribution in [2.45, 2.75) is 45.4 Å². The van der Waals surface area contributed by atoms with E-state index in [4.69, 9.17) is 18.9 Å². The molecular formula is C19H30O5. The quantitative estimate of drug-likeness (QED) is 0.398. The number of hydrogen-bond donors (Lipinski definition) is 0. The Bertz CT molecular complexity index is 473. The molecule has 0 fully saturated rings. The molecule has 0 amide bonds. The van der Waals surface area contributed by atoms with Crippen molar-refractivity contribution < 1.29 is 23.7 Å². The van der Waals surface area contributed by atoms with Crippen LogP contribution in [0.5, 0.6) is 11.5 Å². The zero-order chi connectivity index (χ0) is 17.6. The highest BCUT2D eigenvalue weighted by molar-refractivity contribution is 5.90. The first-order valence-corrected chi connectivity index (χ1v) is 8.69. The summed E-state index contributed by atoms with van der Waals surface area (Å²) >= 11 is 0. The van der Waals surface area contributed by atoms with Gasteiger partial charge in [-0.15, -0.1) is 0 Å². The minimum absolute atomic E-state index is 0.347. The summed E-state index contributed by atoms with van der Waals surface area (Å²) in [7, 11) is 3.23. The Hall–Kier alpha value is -1.75. The number of methoxy groups -OCH3 is 2. The van der Waals surface area contributed by atoms with Crippen LogP contribution in [0.25, 0.3) is 0 Å². The average molecular weight is 338 g/mol. The van der Waals surface area contributed by atoms with E-state index in [1.165, 1.54) is 12.8 Å². The van der Waals surface area contributed by atoms with Crippen LogP contribution < -0.4 is 9.47 Å². The minimum Gasteiger partial charge on any atom is -0.493 e. The molecule has 136 valence electrons. The van der Waals surface area contributed by atoms with Crippen LogP contribution in [0.15, 0.2) is 18.2 Å². The fraction of sp³-hybridized carbons (Fsp3) is 0.632. The predicted molar refractivity (Wildman–Crippen MR) is 94.0 cm³/mol. The molecule has 0 aliphatic rings. The van der Waals surface area contributed by atoms with Gasteiger partial charge in [0.2, 0.25) is 0 Å². The van der Waals surface area contributed by atoms with Gasteiger partial charge in [-0.1, -0.05) is 26.2 Å². The minimum atomic E-state index is -0.347. The van der Waals surface area contributed by atoms with Crippen LogP contribution >= 0.6 is 0 Å². The molecule has 0 N–H and O–H groups in total. The van der Waals surface area contributed by atoms with Gasteiger partial charge in [-0.3, -0.25) is 0 Å². The molecule has 0 aliphatic heterocycles. The van der Waals surface area contributed by atoms with E-state index in [0.717, 1.165) is 25.7 Å². The molecule has 1 rings (SSSR count). The number of hydrogen-bond acceptors (Lipinski definition) is 5. The van der Waals surface area contributed by atoms with E-state index in [1.54, 1.807) is 32.4 Å². The largest absolute Gasteiger partial charge is 0.493 e. The second kappa shape index (κ2) is 12.6. The van der Waals surface area contributed by atoms with Crippen molar-refractivity contribution in [2.75, 3.05) is 34.0 Å². The fourth-order valence-corrected chi connectivity index (χ4v) is 2.22. The standard InChI is InChI=1S/C19H30O5/c1-4-5-6-7-13-23-17-11-10-16(15-18(17)22-3)19(20)24-14-9-8-12-21-2/h10-11,15H,4-9,12-14H2,1-3H3. The lowest BCUT2D eigenvalue weighted by atomic mass is 10.2. The van der Waals surface area contributed by atoms with Crippen molar-refractivity contribution in [1.29, 1.82) is 0 Å². The highest BCUT2D eigenvalue weighted by Crippen LogP contribution is 2.28. The summed E-state index contributed by atoms with van der Waals surface area (Å²) in [4.78, 5) is 12.0. The molecule has 5 nitrogen and oxygen atoms in total. The fourth-order valence-electron chi connectivity index (χ4n) is 2.22. The Morgan fingerprint density at radius 2 is 1.67 bits per heavy atom. The first-order chi connectivity index (χ1) is 11.7. The third-order valence-electron chi connectivity index (χ3n) is 3.63. The summed E-state index contributed by atoms with van der Waals surface area (Å²) in [5.74, 6) is 0.866. The van der Waals surface area contributed by atoms with Gasteiger partial charge in [0.25, 0.3) is 0 Å². The van der Waals surface area contributed by atoms with Crippen LogP contribution in [0.3, 0.4) is 0 Å². The van der Waals surface area contributed by atoms with Crippen molar-refractivity contribution in [3.63, 3.8) is 0 Å². The lowest BCUT2D eigenvalue weighted by Crippen LogP contribution is -2.08. The van der Waals surface area contributed by atoms with Gasteiger partial charge in [0.1, 0.15) is 0 Å². The molecule has 0 aliphatic carbocycles. The summed E-state index contributed by atoms with van der Waals surface area (Å²) in [5, 5.41) is 0. The molecule has 0 spiro atoms. The SMILES string of the molecule is CCCCCCOc1ccc(C(=O)OCCCCOC)cc1OC. The summed E-state index contributed by atoms with van der Waals surface area (Å²) in [5.41, 5.74) is 0.469. The Kier molecular flexibility index (Phi) is 10.7. The zero-order valence-electron chi connectivity index (χ0n) is 15.1. The van der Waals surface area contributed by atoms with Gasteiger partial charge in [0.15, 0.2) is 11.5 Å². The first-order valence-electron chi connectivity index (χ1n) is 8.69. The maximum absolute atomic E-state index is 12.0. The zero-order valence-corrected chi connectivity index (χ0v) is 15.1. The lowest BCUT2D eigenvalue weighted by molar-refractivity contribution is 0.0488. The van der Waals surface area contributed by atoms with E-state index < -0.39 is 0 Å². The van der Waals surface area contributed by atoms with E-state index >= 15 is 0 Å². The van der Waals surface area contributed by atoms with Crippen LogP contribution in [0.4, 0.5) is 0 Å². The number of ether oxygens (including phenoxy) is 4. The Labute approximate surface area is 145 Å². The normalized spacial score (nSPS) is 10.5. The number of carbonyl (C=O) groups excluding carboxylic acids is 1. The van der Waals surface area contributed by atoms with Crippen molar-refractivity contribution in [3.8, 4) is 11.5 Å². The maximum Gasteiger partial charge on any atom is 0.338 e. The van der Waals surface area contributed by atoms with Gasteiger partial charge in [0.05, 0.1) is 25.9 Å². The van der Waals surface area contributed by atoms with E-state index in [-0.39, 0.29) is 5.97 Å². The Morgan fingerprint density at radius 3 is 2.38 bits per heavy atom. The number of carbonyl (C=O) groups is 1. The van der Waals surface area contributed by atoms with Gasteiger partial charge in [0, 0.05) is 13.7 Å². The first kappa shape index (κ1) is 20.3. The third kappa shape index (κ3) is 7.68. The lowest BCUT2D eigenvalue weighted by Gasteiger charge is -2.12. The topological polar surface area (TPSA) is 54.0 Å². The summed E-state index contributed by atoms with van der Waals surface area (Å²) < 4.78 is 21.3. The molecule has 0 bridgehead atoms. The van der Waals surface area contributed by atoms with E-state index in [0.29, 0.717) is 36.9 Å². The van der Waals surface area contributed by atoms with Crippen molar-refractivity contribution in [1.82, 2.24) is 0 Å². The molecule has 0 unspecified atom stereocenters. The molecule has 1 aromatic carbocycles. The average Bonchev–Trinajstić information content (AvgIpc) is 2.61. The van der Waals surface area contributed by atoms with Crippen LogP contribution in [0, 0.1) is 0 Å². The van der Waals surface area contributed by atoms with Gasteiger partial charge in [-0.25, -0.2) is 4.79 Å². The molecule has 0 atom stereocenters. The van der Waals surface area contributed by atoms with Gasteiger partial charge >= 0.3 is 5.97 Å². The van der Waals surface area contributed by atoms with E-state index in [1.807, 2.05) is 0 Å². The van der Waals surface area contributed by atoms with Crippen molar-refractivity contribution in [2.24, 2.45) is 0 Å². The monoisotopic (exact) mass is 338 g/mol. The number of esters is 1. The van der Waals surface area contributed by atoms with Gasteiger partial charge in [-0.05, 0) is 37.5 Å². The van der Waals surface area contributed by atoms with E-state index in [9.17, 15) is 4.79 Å². The maximum atomic E-state index is 12.0. The highest BCUT2D eigenvalue weighted by atomic mass is 16.5. The van der Waals surface area contributed by atoms with Crippen LogP contribution in [0.1, 0.15) is 55.8 Å². The van der Waals surface area contributed by atoms with Gasteiger partial charge < -0.3 is 18.9 Å². The molecule has 0 aromatic heterocycles. The van der Waals surface area contributed by atoms with Crippen LogP contribution in [-0.2, 0) is 9.47 Å². The van der Waals surface area contributed by atoms with Crippen molar-refractivity contribution in [3.05, 3.63) is 23.8 Å². The Balaban J connectivity index is 2.47. The summed E-state index contributed by atoms with van der Waals surface area (Å²) in [6.45, 7) is 3.90. The smallest absolute Gasteiger partial charge is 0.338 e. The molecule has 1 aromatic rings. The summed E-state index contributed by atoms with van der Waals surface area (Å²) in [6.07, 6.45) is 6.25. The van der Waals surface area contributed by atoms with Crippen LogP contribution in [-0.4, -0.2) is 40.0 Å². The van der Waals surface area contributed by atoms with Gasteiger partial charge in [-0.2, -0.15) is 0 Å². The van der Waals surface area contributed by atoms with E-state index in [2.05, 4.69) is 6.92 Å². The molecule has 5 heteroatoms. The second-order valence-electron chi connectivity index (χ2n) is 5.61.